The van der Waals surface area contributed by atoms with E-state index >= 15 is 0 Å². The summed E-state index contributed by atoms with van der Waals surface area (Å²) >= 11 is 0. The number of carbonyl (C=O) groups excluding carboxylic acids is 1. The quantitative estimate of drug-likeness (QED) is 0.269. The fourth-order valence-corrected chi connectivity index (χ4v) is 1.37. The van der Waals surface area contributed by atoms with Crippen molar-refractivity contribution in [2.45, 2.75) is 20.8 Å². The Morgan fingerprint density at radius 3 is 2.74 bits per heavy atom. The fraction of sp³-hybridized carbons (Fsp3) is 0.417. The molecule has 0 fully saturated rings. The van der Waals surface area contributed by atoms with Gasteiger partial charge in [0.2, 0.25) is 0 Å². The fourth-order valence-electron chi connectivity index (χ4n) is 1.37. The molecule has 0 aliphatic carbocycles. The summed E-state index contributed by atoms with van der Waals surface area (Å²) in [6.07, 6.45) is 1.36. The number of rotatable bonds is 4. The molecular formula is C12H18N4O3. The van der Waals surface area contributed by atoms with Crippen LogP contribution in [0.25, 0.3) is 0 Å². The van der Waals surface area contributed by atoms with Crippen LogP contribution in [0, 0.1) is 12.3 Å². The van der Waals surface area contributed by atoms with Gasteiger partial charge in [-0.1, -0.05) is 19.0 Å². The number of aromatic nitrogens is 1. The van der Waals surface area contributed by atoms with Gasteiger partial charge in [-0.3, -0.25) is 9.59 Å². The number of H-pyrrole nitrogens is 1. The zero-order valence-corrected chi connectivity index (χ0v) is 11.2. The average molecular weight is 266 g/mol. The highest BCUT2D eigenvalue weighted by atomic mass is 16.4. The summed E-state index contributed by atoms with van der Waals surface area (Å²) in [5.74, 6) is -0.495. The Balaban J connectivity index is 2.79. The molecule has 1 amide bonds. The van der Waals surface area contributed by atoms with Crippen molar-refractivity contribution in [3.63, 3.8) is 0 Å². The van der Waals surface area contributed by atoms with Crippen LogP contribution in [0.3, 0.4) is 0 Å². The van der Waals surface area contributed by atoms with Crippen molar-refractivity contribution in [2.75, 3.05) is 6.54 Å². The lowest BCUT2D eigenvalue weighted by Crippen LogP contribution is -2.43. The number of pyridine rings is 1. The second-order valence-electron chi connectivity index (χ2n) is 4.95. The first-order valence-corrected chi connectivity index (χ1v) is 5.73. The molecule has 0 radical (unpaired) electrons. The molecule has 7 nitrogen and oxygen atoms in total. The van der Waals surface area contributed by atoms with Crippen LogP contribution >= 0.6 is 0 Å². The van der Waals surface area contributed by atoms with Gasteiger partial charge in [-0.25, -0.2) is 0 Å². The van der Waals surface area contributed by atoms with Gasteiger partial charge in [0, 0.05) is 29.9 Å². The van der Waals surface area contributed by atoms with Gasteiger partial charge in [0.05, 0.1) is 0 Å². The lowest BCUT2D eigenvalue weighted by atomic mass is 9.92. The van der Waals surface area contributed by atoms with Crippen molar-refractivity contribution in [3.05, 3.63) is 33.7 Å². The summed E-state index contributed by atoms with van der Waals surface area (Å²) < 4.78 is 0. The monoisotopic (exact) mass is 266 g/mol. The summed E-state index contributed by atoms with van der Waals surface area (Å²) in [5, 5.41) is 14.1. The summed E-state index contributed by atoms with van der Waals surface area (Å²) in [5.41, 5.74) is 5.16. The van der Waals surface area contributed by atoms with Crippen molar-refractivity contribution in [1.29, 1.82) is 0 Å². The van der Waals surface area contributed by atoms with E-state index < -0.39 is 11.3 Å². The molecule has 0 spiro atoms. The molecule has 19 heavy (non-hydrogen) atoms. The largest absolute Gasteiger partial charge is 0.409 e. The Kier molecular flexibility index (Phi) is 4.31. The minimum atomic E-state index is -0.706. The molecule has 1 aromatic heterocycles. The molecule has 1 aromatic rings. The molecule has 0 unspecified atom stereocenters. The highest BCUT2D eigenvalue weighted by Gasteiger charge is 2.25. The van der Waals surface area contributed by atoms with E-state index in [-0.39, 0.29) is 23.4 Å². The van der Waals surface area contributed by atoms with E-state index in [1.54, 1.807) is 20.8 Å². The minimum absolute atomic E-state index is 0.00520. The predicted molar refractivity (Wildman–Crippen MR) is 71.3 cm³/mol. The van der Waals surface area contributed by atoms with Crippen molar-refractivity contribution in [2.24, 2.45) is 16.3 Å². The third-order valence-corrected chi connectivity index (χ3v) is 2.79. The van der Waals surface area contributed by atoms with E-state index in [0.29, 0.717) is 5.69 Å². The maximum absolute atomic E-state index is 11.9. The summed E-state index contributed by atoms with van der Waals surface area (Å²) in [7, 11) is 0. The second kappa shape index (κ2) is 5.55. The molecule has 0 aromatic carbocycles. The van der Waals surface area contributed by atoms with E-state index in [4.69, 9.17) is 10.9 Å². The van der Waals surface area contributed by atoms with Crippen molar-refractivity contribution in [1.82, 2.24) is 10.3 Å². The maximum atomic E-state index is 11.9. The average Bonchev–Trinajstić information content (AvgIpc) is 2.35. The van der Waals surface area contributed by atoms with E-state index in [9.17, 15) is 9.59 Å². The first kappa shape index (κ1) is 14.7. The van der Waals surface area contributed by atoms with Crippen LogP contribution in [0.1, 0.15) is 29.9 Å². The van der Waals surface area contributed by atoms with Crippen LogP contribution in [0.2, 0.25) is 0 Å². The number of oxime groups is 1. The number of aromatic amines is 1. The zero-order chi connectivity index (χ0) is 14.6. The third-order valence-electron chi connectivity index (χ3n) is 2.79. The Bertz CT molecular complexity index is 560. The Labute approximate surface area is 110 Å². The van der Waals surface area contributed by atoms with Crippen LogP contribution in [-0.4, -0.2) is 28.5 Å². The van der Waals surface area contributed by atoms with Crippen molar-refractivity contribution < 1.29 is 10.0 Å². The first-order chi connectivity index (χ1) is 8.77. The number of carbonyl (C=O) groups is 1. The molecule has 0 saturated carbocycles. The highest BCUT2D eigenvalue weighted by molar-refractivity contribution is 5.94. The molecule has 5 N–H and O–H groups in total. The van der Waals surface area contributed by atoms with Gasteiger partial charge in [0.15, 0.2) is 5.43 Å². The Morgan fingerprint density at radius 2 is 2.21 bits per heavy atom. The van der Waals surface area contributed by atoms with E-state index in [1.807, 2.05) is 0 Å². The summed E-state index contributed by atoms with van der Waals surface area (Å²) in [6.45, 7) is 5.29. The number of aryl methyl sites for hydroxylation is 1. The van der Waals surface area contributed by atoms with E-state index in [2.05, 4.69) is 15.5 Å². The number of amidine groups is 1. The molecule has 0 aliphatic rings. The Morgan fingerprint density at radius 1 is 1.58 bits per heavy atom. The van der Waals surface area contributed by atoms with Crippen LogP contribution in [0.15, 0.2) is 22.2 Å². The number of nitrogens with two attached hydrogens (primary N) is 1. The Hall–Kier alpha value is -2.31. The SMILES string of the molecule is Cc1cc(=O)c(C(=O)NCC(C)(C)C(N)=NO)c[nH]1. The highest BCUT2D eigenvalue weighted by Crippen LogP contribution is 2.13. The molecule has 7 heteroatoms. The molecule has 0 saturated heterocycles. The molecule has 1 heterocycles. The third kappa shape index (κ3) is 3.57. The number of hydrogen-bond acceptors (Lipinski definition) is 4. The molecule has 104 valence electrons. The van der Waals surface area contributed by atoms with E-state index in [0.717, 1.165) is 0 Å². The number of hydrogen-bond donors (Lipinski definition) is 4. The molecule has 0 aliphatic heterocycles. The standard InChI is InChI=1S/C12H18N4O3/c1-7-4-9(17)8(5-14-7)10(18)15-6-12(2,3)11(13)16-19/h4-5,19H,6H2,1-3H3,(H2,13,16)(H,14,17)(H,15,18). The minimum Gasteiger partial charge on any atom is -0.409 e. The van der Waals surface area contributed by atoms with Gasteiger partial charge in [-0.2, -0.15) is 0 Å². The second-order valence-corrected chi connectivity index (χ2v) is 4.95. The topological polar surface area (TPSA) is 121 Å². The number of nitrogens with zero attached hydrogens (tertiary/aromatic N) is 1. The van der Waals surface area contributed by atoms with E-state index in [1.165, 1.54) is 12.3 Å². The van der Waals surface area contributed by atoms with Gasteiger partial charge in [-0.05, 0) is 6.92 Å². The normalized spacial score (nSPS) is 12.3. The molecule has 0 atom stereocenters. The lowest BCUT2D eigenvalue weighted by molar-refractivity contribution is 0.0943. The molecule has 0 bridgehead atoms. The summed E-state index contributed by atoms with van der Waals surface area (Å²) in [4.78, 5) is 26.3. The van der Waals surface area contributed by atoms with Gasteiger partial charge in [0.25, 0.3) is 5.91 Å². The van der Waals surface area contributed by atoms with Gasteiger partial charge in [-0.15, -0.1) is 0 Å². The van der Waals surface area contributed by atoms with Gasteiger partial charge >= 0.3 is 0 Å². The maximum Gasteiger partial charge on any atom is 0.256 e. The van der Waals surface area contributed by atoms with Crippen LogP contribution in [0.4, 0.5) is 0 Å². The zero-order valence-electron chi connectivity index (χ0n) is 11.2. The first-order valence-electron chi connectivity index (χ1n) is 5.73. The van der Waals surface area contributed by atoms with Crippen molar-refractivity contribution in [3.8, 4) is 0 Å². The van der Waals surface area contributed by atoms with Crippen LogP contribution in [-0.2, 0) is 0 Å². The molecule has 1 rings (SSSR count). The predicted octanol–water partition coefficient (Wildman–Crippen LogP) is 0.186. The number of amides is 1. The van der Waals surface area contributed by atoms with Gasteiger partial charge < -0.3 is 21.2 Å². The van der Waals surface area contributed by atoms with Crippen molar-refractivity contribution >= 4 is 11.7 Å². The number of nitrogens with one attached hydrogen (secondary N) is 2. The molecular weight excluding hydrogens is 248 g/mol. The van der Waals surface area contributed by atoms with Gasteiger partial charge in [0.1, 0.15) is 11.4 Å². The lowest BCUT2D eigenvalue weighted by Gasteiger charge is -2.22. The van der Waals surface area contributed by atoms with Crippen LogP contribution < -0.4 is 16.5 Å². The van der Waals surface area contributed by atoms with Crippen LogP contribution in [0.5, 0.6) is 0 Å². The summed E-state index contributed by atoms with van der Waals surface area (Å²) in [6, 6.07) is 1.35. The smallest absolute Gasteiger partial charge is 0.256 e.